The van der Waals surface area contributed by atoms with Crippen LogP contribution in [0.4, 0.5) is 4.39 Å². The summed E-state index contributed by atoms with van der Waals surface area (Å²) in [6.45, 7) is 4.22. The molecular formula is C21H26FN5O2. The number of carbonyl (C=O) groups is 2. The van der Waals surface area contributed by atoms with E-state index in [4.69, 9.17) is 0 Å². The molecule has 2 amide bonds. The van der Waals surface area contributed by atoms with Crippen molar-refractivity contribution in [1.29, 1.82) is 0 Å². The number of rotatable bonds is 3. The zero-order valence-electron chi connectivity index (χ0n) is 16.7. The first kappa shape index (κ1) is 19.6. The number of hydrogen-bond acceptors (Lipinski definition) is 4. The van der Waals surface area contributed by atoms with Crippen molar-refractivity contribution in [1.82, 2.24) is 24.9 Å². The van der Waals surface area contributed by atoms with Crippen molar-refractivity contribution in [2.45, 2.75) is 25.8 Å². The van der Waals surface area contributed by atoms with Crippen LogP contribution in [0.2, 0.25) is 0 Å². The number of carbonyl (C=O) groups excluding carboxylic acids is 2. The first-order valence-corrected chi connectivity index (χ1v) is 10.1. The van der Waals surface area contributed by atoms with Crippen molar-refractivity contribution in [3.8, 4) is 0 Å². The summed E-state index contributed by atoms with van der Waals surface area (Å²) in [6.07, 6.45) is 1.71. The lowest BCUT2D eigenvalue weighted by Crippen LogP contribution is -2.38. The fourth-order valence-corrected chi connectivity index (χ4v) is 4.04. The van der Waals surface area contributed by atoms with Crippen molar-refractivity contribution >= 4 is 11.8 Å². The highest BCUT2D eigenvalue weighted by atomic mass is 19.1. The molecule has 4 rings (SSSR count). The van der Waals surface area contributed by atoms with Gasteiger partial charge in [0.05, 0.1) is 18.7 Å². The van der Waals surface area contributed by atoms with Gasteiger partial charge in [0, 0.05) is 31.7 Å². The third-order valence-electron chi connectivity index (χ3n) is 5.74. The molecule has 2 aliphatic rings. The Labute approximate surface area is 169 Å². The lowest BCUT2D eigenvalue weighted by atomic mass is 10.0. The van der Waals surface area contributed by atoms with Gasteiger partial charge in [-0.05, 0) is 44.1 Å². The number of likely N-dealkylation sites (N-methyl/N-ethyl adjacent to an activating group) is 1. The van der Waals surface area contributed by atoms with Crippen molar-refractivity contribution in [3.05, 3.63) is 52.6 Å². The Bertz CT molecular complexity index is 912. The van der Waals surface area contributed by atoms with Crippen LogP contribution in [0.15, 0.2) is 24.3 Å². The van der Waals surface area contributed by atoms with Gasteiger partial charge in [0.25, 0.3) is 5.91 Å². The summed E-state index contributed by atoms with van der Waals surface area (Å²) < 4.78 is 13.4. The Morgan fingerprint density at radius 3 is 2.83 bits per heavy atom. The second kappa shape index (κ2) is 8.32. The molecule has 1 N–H and O–H groups in total. The molecule has 2 aromatic rings. The summed E-state index contributed by atoms with van der Waals surface area (Å²) in [7, 11) is 2.07. The lowest BCUT2D eigenvalue weighted by Gasteiger charge is -2.27. The minimum absolute atomic E-state index is 0.0302. The molecule has 0 unspecified atom stereocenters. The zero-order valence-corrected chi connectivity index (χ0v) is 16.7. The SMILES string of the molecule is CN1CCCN(C(=O)c2n[nH]c3c2CCN(C(=O)Cc2cccc(F)c2)C3)CC1. The van der Waals surface area contributed by atoms with E-state index in [1.165, 1.54) is 12.1 Å². The molecule has 0 bridgehead atoms. The summed E-state index contributed by atoms with van der Waals surface area (Å²) in [4.78, 5) is 31.5. The first-order valence-electron chi connectivity index (χ1n) is 10.1. The van der Waals surface area contributed by atoms with Crippen LogP contribution in [-0.4, -0.2) is 76.5 Å². The van der Waals surface area contributed by atoms with Crippen LogP contribution in [0.3, 0.4) is 0 Å². The number of aromatic nitrogens is 2. The second-order valence-corrected chi connectivity index (χ2v) is 7.85. The van der Waals surface area contributed by atoms with Gasteiger partial charge in [-0.15, -0.1) is 0 Å². The molecule has 154 valence electrons. The average Bonchev–Trinajstić information content (AvgIpc) is 3.01. The predicted molar refractivity (Wildman–Crippen MR) is 106 cm³/mol. The van der Waals surface area contributed by atoms with Crippen LogP contribution in [0.1, 0.15) is 33.7 Å². The summed E-state index contributed by atoms with van der Waals surface area (Å²) in [5.41, 5.74) is 2.88. The van der Waals surface area contributed by atoms with Gasteiger partial charge in [0.1, 0.15) is 5.82 Å². The molecule has 0 radical (unpaired) electrons. The number of benzene rings is 1. The highest BCUT2D eigenvalue weighted by Crippen LogP contribution is 2.22. The summed E-state index contributed by atoms with van der Waals surface area (Å²) in [6, 6.07) is 6.12. The van der Waals surface area contributed by atoms with E-state index in [2.05, 4.69) is 22.1 Å². The largest absolute Gasteiger partial charge is 0.336 e. The normalized spacial score (nSPS) is 17.7. The molecule has 29 heavy (non-hydrogen) atoms. The Morgan fingerprint density at radius 2 is 2.00 bits per heavy atom. The van der Waals surface area contributed by atoms with Gasteiger partial charge < -0.3 is 14.7 Å². The minimum Gasteiger partial charge on any atom is -0.336 e. The maximum absolute atomic E-state index is 13.4. The number of H-pyrrole nitrogens is 1. The van der Waals surface area contributed by atoms with Crippen molar-refractivity contribution in [2.75, 3.05) is 39.8 Å². The van der Waals surface area contributed by atoms with Crippen molar-refractivity contribution in [2.24, 2.45) is 0 Å². The highest BCUT2D eigenvalue weighted by molar-refractivity contribution is 5.94. The number of fused-ring (bicyclic) bond motifs is 1. The molecule has 0 saturated carbocycles. The fourth-order valence-electron chi connectivity index (χ4n) is 4.04. The molecule has 1 fully saturated rings. The standard InChI is InChI=1S/C21H26FN5O2/c1-25-7-3-8-26(11-10-25)21(29)20-17-6-9-27(14-18(17)23-24-20)19(28)13-15-4-2-5-16(22)12-15/h2,4-5,12H,3,6-11,13-14H2,1H3,(H,23,24). The smallest absolute Gasteiger partial charge is 0.274 e. The van der Waals surface area contributed by atoms with Crippen LogP contribution in [-0.2, 0) is 24.2 Å². The molecule has 7 nitrogen and oxygen atoms in total. The topological polar surface area (TPSA) is 72.5 Å². The average molecular weight is 399 g/mol. The van der Waals surface area contributed by atoms with Crippen LogP contribution >= 0.6 is 0 Å². The van der Waals surface area contributed by atoms with Crippen LogP contribution in [0.5, 0.6) is 0 Å². The Kier molecular flexibility index (Phi) is 5.62. The number of nitrogens with zero attached hydrogens (tertiary/aromatic N) is 4. The maximum atomic E-state index is 13.4. The Morgan fingerprint density at radius 1 is 1.14 bits per heavy atom. The molecule has 1 aromatic carbocycles. The number of halogens is 1. The first-order chi connectivity index (χ1) is 14.0. The second-order valence-electron chi connectivity index (χ2n) is 7.85. The molecule has 3 heterocycles. The number of amides is 2. The van der Waals surface area contributed by atoms with E-state index in [9.17, 15) is 14.0 Å². The van der Waals surface area contributed by atoms with Gasteiger partial charge in [-0.2, -0.15) is 5.10 Å². The molecule has 0 atom stereocenters. The van der Waals surface area contributed by atoms with E-state index >= 15 is 0 Å². The molecular weight excluding hydrogens is 373 g/mol. The van der Waals surface area contributed by atoms with E-state index in [0.29, 0.717) is 37.3 Å². The van der Waals surface area contributed by atoms with Gasteiger partial charge in [-0.1, -0.05) is 12.1 Å². The Balaban J connectivity index is 1.43. The van der Waals surface area contributed by atoms with E-state index < -0.39 is 0 Å². The number of aromatic amines is 1. The Hall–Kier alpha value is -2.74. The lowest BCUT2D eigenvalue weighted by molar-refractivity contribution is -0.131. The monoisotopic (exact) mass is 399 g/mol. The van der Waals surface area contributed by atoms with Gasteiger partial charge in [-0.25, -0.2) is 4.39 Å². The molecule has 0 spiro atoms. The van der Waals surface area contributed by atoms with E-state index in [1.807, 2.05) is 4.90 Å². The van der Waals surface area contributed by atoms with E-state index in [-0.39, 0.29) is 24.1 Å². The molecule has 2 aliphatic heterocycles. The van der Waals surface area contributed by atoms with Gasteiger partial charge >= 0.3 is 0 Å². The molecule has 8 heteroatoms. The fraction of sp³-hybridized carbons (Fsp3) is 0.476. The third-order valence-corrected chi connectivity index (χ3v) is 5.74. The molecule has 0 aliphatic carbocycles. The minimum atomic E-state index is -0.340. The predicted octanol–water partition coefficient (Wildman–Crippen LogP) is 1.45. The zero-order chi connectivity index (χ0) is 20.4. The molecule has 1 saturated heterocycles. The van der Waals surface area contributed by atoms with Crippen LogP contribution < -0.4 is 0 Å². The summed E-state index contributed by atoms with van der Waals surface area (Å²) >= 11 is 0. The third kappa shape index (κ3) is 4.32. The van der Waals surface area contributed by atoms with Gasteiger partial charge in [0.15, 0.2) is 5.69 Å². The number of hydrogen-bond donors (Lipinski definition) is 1. The quantitative estimate of drug-likeness (QED) is 0.848. The molecule has 1 aromatic heterocycles. The van der Waals surface area contributed by atoms with E-state index in [0.717, 1.165) is 37.3 Å². The van der Waals surface area contributed by atoms with E-state index in [1.54, 1.807) is 17.0 Å². The van der Waals surface area contributed by atoms with Crippen LogP contribution in [0, 0.1) is 5.82 Å². The van der Waals surface area contributed by atoms with Crippen LogP contribution in [0.25, 0.3) is 0 Å². The van der Waals surface area contributed by atoms with Crippen molar-refractivity contribution < 1.29 is 14.0 Å². The summed E-state index contributed by atoms with van der Waals surface area (Å²) in [5, 5.41) is 7.26. The van der Waals surface area contributed by atoms with Gasteiger partial charge in [-0.3, -0.25) is 14.7 Å². The highest BCUT2D eigenvalue weighted by Gasteiger charge is 2.30. The van der Waals surface area contributed by atoms with Crippen molar-refractivity contribution in [3.63, 3.8) is 0 Å². The summed E-state index contributed by atoms with van der Waals surface area (Å²) in [5.74, 6) is -0.427. The van der Waals surface area contributed by atoms with Gasteiger partial charge in [0.2, 0.25) is 5.91 Å². The maximum Gasteiger partial charge on any atom is 0.274 e. The number of nitrogens with one attached hydrogen (secondary N) is 1.